The second-order valence-corrected chi connectivity index (χ2v) is 15.6. The third-order valence-corrected chi connectivity index (χ3v) is 11.9. The summed E-state index contributed by atoms with van der Waals surface area (Å²) in [4.78, 5) is 15.7. The number of hydrogen-bond donors (Lipinski definition) is 0. The number of para-hydroxylation sites is 2. The van der Waals surface area contributed by atoms with Gasteiger partial charge in [-0.2, -0.15) is 0 Å². The van der Waals surface area contributed by atoms with Crippen molar-refractivity contribution in [1.29, 1.82) is 0 Å². The topological polar surface area (TPSA) is 56.7 Å². The highest BCUT2D eigenvalue weighted by molar-refractivity contribution is 6.20. The molecule has 5 nitrogen and oxygen atoms in total. The smallest absolute Gasteiger partial charge is 0.164 e. The van der Waals surface area contributed by atoms with Gasteiger partial charge in [-0.05, 0) is 70.3 Å². The molecular formula is C57H36N4O. The molecule has 12 aromatic rings. The summed E-state index contributed by atoms with van der Waals surface area (Å²) >= 11 is 0. The Morgan fingerprint density at radius 2 is 0.806 bits per heavy atom. The van der Waals surface area contributed by atoms with Crippen LogP contribution in [0.1, 0.15) is 0 Å². The molecule has 0 amide bonds. The van der Waals surface area contributed by atoms with E-state index in [1.807, 2.05) is 42.5 Å². The van der Waals surface area contributed by atoms with E-state index in [4.69, 9.17) is 19.4 Å². The molecule has 0 aliphatic carbocycles. The van der Waals surface area contributed by atoms with Crippen LogP contribution in [0.4, 0.5) is 0 Å². The Morgan fingerprint density at radius 3 is 1.45 bits per heavy atom. The van der Waals surface area contributed by atoms with Gasteiger partial charge < -0.3 is 8.98 Å². The maximum Gasteiger partial charge on any atom is 0.164 e. The standard InChI is InChI=1S/C57H36N4O/c1-4-17-37(18-5-1)40-23-14-25-42(35-40)44-33-34-50(61-48-30-12-10-27-45(48)46-28-11-13-31-49(46)61)53-52-47(29-16-32-51(52)62-54(44)53)57-59-55(39-21-8-3-9-22-39)58-56(60-57)43-26-15-24-41(36-43)38-19-6-2-7-20-38/h1-36H. The predicted octanol–water partition coefficient (Wildman–Crippen LogP) is 14.9. The number of aromatic nitrogens is 4. The van der Waals surface area contributed by atoms with Crippen molar-refractivity contribution in [3.63, 3.8) is 0 Å². The van der Waals surface area contributed by atoms with Gasteiger partial charge >= 0.3 is 0 Å². The number of furan rings is 1. The second-order valence-electron chi connectivity index (χ2n) is 15.6. The molecule has 0 atom stereocenters. The molecule has 0 aliphatic heterocycles. The van der Waals surface area contributed by atoms with Gasteiger partial charge in [0.2, 0.25) is 0 Å². The highest BCUT2D eigenvalue weighted by Crippen LogP contribution is 2.45. The van der Waals surface area contributed by atoms with Gasteiger partial charge in [0.05, 0.1) is 22.1 Å². The quantitative estimate of drug-likeness (QED) is 0.161. The third kappa shape index (κ3) is 5.98. The van der Waals surface area contributed by atoms with Crippen molar-refractivity contribution in [3.8, 4) is 73.2 Å². The number of hydrogen-bond acceptors (Lipinski definition) is 4. The maximum absolute atomic E-state index is 7.12. The van der Waals surface area contributed by atoms with Crippen molar-refractivity contribution in [2.24, 2.45) is 0 Å². The molecule has 9 aromatic carbocycles. The van der Waals surface area contributed by atoms with E-state index in [1.165, 1.54) is 10.8 Å². The van der Waals surface area contributed by atoms with E-state index in [1.54, 1.807) is 0 Å². The van der Waals surface area contributed by atoms with Gasteiger partial charge in [-0.3, -0.25) is 0 Å². The summed E-state index contributed by atoms with van der Waals surface area (Å²) in [5, 5.41) is 4.31. The van der Waals surface area contributed by atoms with E-state index >= 15 is 0 Å². The molecule has 62 heavy (non-hydrogen) atoms. The summed E-state index contributed by atoms with van der Waals surface area (Å²) in [5.74, 6) is 1.76. The van der Waals surface area contributed by atoms with Crippen LogP contribution in [0.15, 0.2) is 223 Å². The Morgan fingerprint density at radius 1 is 0.323 bits per heavy atom. The van der Waals surface area contributed by atoms with Crippen molar-refractivity contribution in [2.45, 2.75) is 0 Å². The maximum atomic E-state index is 7.12. The van der Waals surface area contributed by atoms with E-state index in [2.05, 4.69) is 180 Å². The highest BCUT2D eigenvalue weighted by atomic mass is 16.3. The molecule has 0 saturated heterocycles. The van der Waals surface area contributed by atoms with Gasteiger partial charge in [0.1, 0.15) is 11.2 Å². The van der Waals surface area contributed by atoms with Crippen LogP contribution in [0.5, 0.6) is 0 Å². The minimum atomic E-state index is 0.567. The lowest BCUT2D eigenvalue weighted by Gasteiger charge is -2.14. The van der Waals surface area contributed by atoms with Crippen molar-refractivity contribution in [1.82, 2.24) is 19.5 Å². The van der Waals surface area contributed by atoms with E-state index in [-0.39, 0.29) is 0 Å². The fourth-order valence-electron chi connectivity index (χ4n) is 8.99. The van der Waals surface area contributed by atoms with Crippen LogP contribution in [-0.2, 0) is 0 Å². The second kappa shape index (κ2) is 14.7. The summed E-state index contributed by atoms with van der Waals surface area (Å²) in [6, 6.07) is 76.2. The number of rotatable bonds is 7. The lowest BCUT2D eigenvalue weighted by molar-refractivity contribution is 0.670. The highest BCUT2D eigenvalue weighted by Gasteiger charge is 2.24. The molecule has 0 aliphatic rings. The Balaban J connectivity index is 1.16. The van der Waals surface area contributed by atoms with Crippen molar-refractivity contribution < 1.29 is 4.42 Å². The molecule has 0 radical (unpaired) electrons. The lowest BCUT2D eigenvalue weighted by Crippen LogP contribution is -2.01. The van der Waals surface area contributed by atoms with Crippen LogP contribution in [-0.4, -0.2) is 19.5 Å². The molecule has 0 bridgehead atoms. The van der Waals surface area contributed by atoms with E-state index in [0.717, 1.165) is 88.7 Å². The first kappa shape index (κ1) is 35.5. The predicted molar refractivity (Wildman–Crippen MR) is 254 cm³/mol. The Labute approximate surface area is 357 Å². The van der Waals surface area contributed by atoms with Gasteiger partial charge in [-0.25, -0.2) is 15.0 Å². The van der Waals surface area contributed by atoms with Crippen molar-refractivity contribution in [3.05, 3.63) is 218 Å². The van der Waals surface area contributed by atoms with Crippen LogP contribution >= 0.6 is 0 Å². The van der Waals surface area contributed by atoms with E-state index < -0.39 is 0 Å². The molecule has 0 fully saturated rings. The Hall–Kier alpha value is -8.41. The third-order valence-electron chi connectivity index (χ3n) is 11.9. The van der Waals surface area contributed by atoms with Crippen LogP contribution < -0.4 is 0 Å². The fourth-order valence-corrected chi connectivity index (χ4v) is 8.99. The number of fused-ring (bicyclic) bond motifs is 6. The van der Waals surface area contributed by atoms with Gasteiger partial charge in [0.15, 0.2) is 17.5 Å². The largest absolute Gasteiger partial charge is 0.455 e. The van der Waals surface area contributed by atoms with E-state index in [0.29, 0.717) is 17.5 Å². The molecule has 290 valence electrons. The molecule has 0 saturated carbocycles. The molecule has 12 rings (SSSR count). The molecular weight excluding hydrogens is 757 g/mol. The average Bonchev–Trinajstić information content (AvgIpc) is 3.91. The zero-order valence-electron chi connectivity index (χ0n) is 33.5. The van der Waals surface area contributed by atoms with Crippen molar-refractivity contribution in [2.75, 3.05) is 0 Å². The first-order valence-corrected chi connectivity index (χ1v) is 20.9. The molecule has 3 heterocycles. The van der Waals surface area contributed by atoms with Gasteiger partial charge in [-0.1, -0.05) is 176 Å². The van der Waals surface area contributed by atoms with Gasteiger partial charge in [0, 0.05) is 38.4 Å². The summed E-state index contributed by atoms with van der Waals surface area (Å²) in [5.41, 5.74) is 14.1. The number of nitrogens with zero attached hydrogens (tertiary/aromatic N) is 4. The molecule has 0 spiro atoms. The minimum absolute atomic E-state index is 0.567. The number of benzene rings is 9. The van der Waals surface area contributed by atoms with Gasteiger partial charge in [0.25, 0.3) is 0 Å². The summed E-state index contributed by atoms with van der Waals surface area (Å²) in [6.45, 7) is 0. The molecule has 5 heteroatoms. The summed E-state index contributed by atoms with van der Waals surface area (Å²) in [6.07, 6.45) is 0. The Kier molecular flexibility index (Phi) is 8.42. The molecule has 3 aromatic heterocycles. The molecule has 0 unspecified atom stereocenters. The van der Waals surface area contributed by atoms with Crippen molar-refractivity contribution >= 4 is 43.7 Å². The zero-order chi connectivity index (χ0) is 41.0. The van der Waals surface area contributed by atoms with Crippen LogP contribution in [0.25, 0.3) is 117 Å². The fraction of sp³-hybridized carbons (Fsp3) is 0. The monoisotopic (exact) mass is 792 g/mol. The van der Waals surface area contributed by atoms with E-state index in [9.17, 15) is 0 Å². The van der Waals surface area contributed by atoms with Gasteiger partial charge in [-0.15, -0.1) is 0 Å². The first-order chi connectivity index (χ1) is 30.7. The average molecular weight is 793 g/mol. The SMILES string of the molecule is c1ccc(-c2cccc(-c3nc(-c4ccccc4)nc(-c4cccc5oc6c(-c7cccc(-c8ccccc8)c7)ccc(-n7c8ccccc8c8ccccc87)c6c45)n3)c2)cc1. The summed E-state index contributed by atoms with van der Waals surface area (Å²) in [7, 11) is 0. The first-order valence-electron chi connectivity index (χ1n) is 20.9. The zero-order valence-corrected chi connectivity index (χ0v) is 33.5. The molecule has 0 N–H and O–H groups in total. The van der Waals surface area contributed by atoms with Crippen LogP contribution in [0, 0.1) is 0 Å². The normalized spacial score (nSPS) is 11.5. The Bertz CT molecular complexity index is 3580. The lowest BCUT2D eigenvalue weighted by atomic mass is 9.96. The van der Waals surface area contributed by atoms with Crippen LogP contribution in [0.2, 0.25) is 0 Å². The minimum Gasteiger partial charge on any atom is -0.455 e. The summed E-state index contributed by atoms with van der Waals surface area (Å²) < 4.78 is 9.50. The van der Waals surface area contributed by atoms with Crippen LogP contribution in [0.3, 0.4) is 0 Å².